The second-order valence-corrected chi connectivity index (χ2v) is 9.30. The Bertz CT molecular complexity index is 1080. The van der Waals surface area contributed by atoms with Crippen LogP contribution in [0.25, 0.3) is 11.4 Å². The number of carbonyl (C=O) groups is 1. The smallest absolute Gasteiger partial charge is 0.227 e. The van der Waals surface area contributed by atoms with E-state index in [1.54, 1.807) is 0 Å². The van der Waals surface area contributed by atoms with Crippen LogP contribution in [0.2, 0.25) is 0 Å². The van der Waals surface area contributed by atoms with Crippen molar-refractivity contribution in [3.63, 3.8) is 0 Å². The van der Waals surface area contributed by atoms with E-state index in [1.807, 2.05) is 24.3 Å². The van der Waals surface area contributed by atoms with Crippen LogP contribution in [0.5, 0.6) is 0 Å². The first kappa shape index (κ1) is 24.1. The lowest BCUT2D eigenvalue weighted by molar-refractivity contribution is -0.121. The topological polar surface area (TPSA) is 80.5 Å². The molecule has 1 fully saturated rings. The van der Waals surface area contributed by atoms with Crippen molar-refractivity contribution in [3.05, 3.63) is 71.1 Å². The van der Waals surface area contributed by atoms with E-state index in [2.05, 4.69) is 65.4 Å². The van der Waals surface area contributed by atoms with Gasteiger partial charge in [0.05, 0.1) is 12.7 Å². The Morgan fingerprint density at radius 1 is 1.18 bits per heavy atom. The zero-order valence-electron chi connectivity index (χ0n) is 20.3. The van der Waals surface area contributed by atoms with E-state index in [1.165, 1.54) is 11.1 Å². The summed E-state index contributed by atoms with van der Waals surface area (Å²) in [6.45, 7) is 10.5. The van der Waals surface area contributed by atoms with Crippen molar-refractivity contribution in [1.29, 1.82) is 0 Å². The summed E-state index contributed by atoms with van der Waals surface area (Å²) in [6, 6.07) is 16.6. The maximum absolute atomic E-state index is 12.4. The van der Waals surface area contributed by atoms with E-state index < -0.39 is 0 Å². The highest BCUT2D eigenvalue weighted by Gasteiger charge is 2.17. The predicted molar refractivity (Wildman–Crippen MR) is 131 cm³/mol. The lowest BCUT2D eigenvalue weighted by atomic mass is 10.0. The first-order chi connectivity index (χ1) is 16.5. The molecule has 0 radical (unpaired) electrons. The number of benzene rings is 2. The van der Waals surface area contributed by atoms with Gasteiger partial charge < -0.3 is 14.6 Å². The number of rotatable bonds is 9. The Hall–Kier alpha value is -3.03. The molecule has 7 nitrogen and oxygen atoms in total. The molecule has 0 aliphatic carbocycles. The molecule has 1 unspecified atom stereocenters. The number of nitrogens with one attached hydrogen (secondary N) is 1. The van der Waals surface area contributed by atoms with Gasteiger partial charge in [0, 0.05) is 44.6 Å². The molecule has 1 amide bonds. The second-order valence-electron chi connectivity index (χ2n) is 9.30. The minimum Gasteiger partial charge on any atom is -0.376 e. The van der Waals surface area contributed by atoms with Crippen LogP contribution in [-0.4, -0.2) is 46.7 Å². The van der Waals surface area contributed by atoms with Gasteiger partial charge >= 0.3 is 0 Å². The van der Waals surface area contributed by atoms with E-state index in [9.17, 15) is 4.79 Å². The number of ether oxygens (including phenoxy) is 1. The van der Waals surface area contributed by atoms with Gasteiger partial charge in [-0.2, -0.15) is 4.98 Å². The molecule has 1 N–H and O–H groups in total. The largest absolute Gasteiger partial charge is 0.376 e. The summed E-state index contributed by atoms with van der Waals surface area (Å²) in [4.78, 5) is 19.2. The first-order valence-corrected chi connectivity index (χ1v) is 12.1. The Morgan fingerprint density at radius 3 is 2.74 bits per heavy atom. The number of hydrogen-bond acceptors (Lipinski definition) is 6. The minimum atomic E-state index is -0.0338. The predicted octanol–water partition coefficient (Wildman–Crippen LogP) is 4.33. The van der Waals surface area contributed by atoms with Crippen molar-refractivity contribution in [2.75, 3.05) is 19.7 Å². The van der Waals surface area contributed by atoms with Gasteiger partial charge in [-0.1, -0.05) is 67.5 Å². The summed E-state index contributed by atoms with van der Waals surface area (Å²) < 4.78 is 11.0. The van der Waals surface area contributed by atoms with E-state index >= 15 is 0 Å². The molecule has 0 saturated carbocycles. The van der Waals surface area contributed by atoms with Crippen molar-refractivity contribution >= 4 is 5.91 Å². The molecule has 1 aliphatic heterocycles. The molecule has 34 heavy (non-hydrogen) atoms. The first-order valence-electron chi connectivity index (χ1n) is 12.1. The standard InChI is InChI=1S/C27H34N4O3/c1-19(2)23-7-9-24(10-8-23)27-29-26(34-30-27)12-11-25(32)28-16-21-5-4-6-22(15-21)18-31-13-14-33-20(3)17-31/h4-10,15,19-20H,11-14,16-18H2,1-3H3,(H,28,32). The van der Waals surface area contributed by atoms with Gasteiger partial charge in [0.25, 0.3) is 0 Å². The fourth-order valence-electron chi connectivity index (χ4n) is 4.13. The van der Waals surface area contributed by atoms with Crippen LogP contribution < -0.4 is 5.32 Å². The fourth-order valence-corrected chi connectivity index (χ4v) is 4.13. The molecule has 4 rings (SSSR count). The highest BCUT2D eigenvalue weighted by atomic mass is 16.5. The third-order valence-corrected chi connectivity index (χ3v) is 6.08. The molecule has 0 bridgehead atoms. The van der Waals surface area contributed by atoms with E-state index in [0.717, 1.165) is 37.4 Å². The van der Waals surface area contributed by atoms with Crippen LogP contribution in [-0.2, 0) is 29.0 Å². The Labute approximate surface area is 201 Å². The van der Waals surface area contributed by atoms with Crippen molar-refractivity contribution in [2.45, 2.75) is 58.7 Å². The highest BCUT2D eigenvalue weighted by molar-refractivity contribution is 5.76. The van der Waals surface area contributed by atoms with Crippen LogP contribution in [0.15, 0.2) is 53.1 Å². The zero-order chi connectivity index (χ0) is 23.9. The summed E-state index contributed by atoms with van der Waals surface area (Å²) >= 11 is 0. The number of carbonyl (C=O) groups excluding carboxylic acids is 1. The fraction of sp³-hybridized carbons (Fsp3) is 0.444. The summed E-state index contributed by atoms with van der Waals surface area (Å²) in [5.41, 5.74) is 4.53. The summed E-state index contributed by atoms with van der Waals surface area (Å²) in [5.74, 6) is 1.47. The van der Waals surface area contributed by atoms with Gasteiger partial charge in [0.1, 0.15) is 0 Å². The molecule has 2 aromatic carbocycles. The maximum Gasteiger partial charge on any atom is 0.227 e. The van der Waals surface area contributed by atoms with Crippen LogP contribution >= 0.6 is 0 Å². The van der Waals surface area contributed by atoms with Crippen LogP contribution in [0.3, 0.4) is 0 Å². The SMILES string of the molecule is CC1CN(Cc2cccc(CNC(=O)CCc3nc(-c4ccc(C(C)C)cc4)no3)c2)CCO1. The molecular weight excluding hydrogens is 428 g/mol. The summed E-state index contributed by atoms with van der Waals surface area (Å²) in [5, 5.41) is 7.07. The van der Waals surface area contributed by atoms with Crippen molar-refractivity contribution in [3.8, 4) is 11.4 Å². The maximum atomic E-state index is 12.4. The van der Waals surface area contributed by atoms with Crippen LogP contribution in [0, 0.1) is 0 Å². The monoisotopic (exact) mass is 462 g/mol. The van der Waals surface area contributed by atoms with E-state index in [4.69, 9.17) is 9.26 Å². The number of hydrogen-bond donors (Lipinski definition) is 1. The van der Waals surface area contributed by atoms with Gasteiger partial charge in [0.2, 0.25) is 17.6 Å². The average molecular weight is 463 g/mol. The molecule has 0 spiro atoms. The Balaban J connectivity index is 1.23. The van der Waals surface area contributed by atoms with Gasteiger partial charge in [-0.05, 0) is 29.5 Å². The van der Waals surface area contributed by atoms with Gasteiger partial charge in [-0.3, -0.25) is 9.69 Å². The highest BCUT2D eigenvalue weighted by Crippen LogP contribution is 2.21. The number of aryl methyl sites for hydroxylation is 1. The molecule has 1 atom stereocenters. The van der Waals surface area contributed by atoms with Crippen molar-refractivity contribution in [1.82, 2.24) is 20.4 Å². The minimum absolute atomic E-state index is 0.0338. The van der Waals surface area contributed by atoms with E-state index in [0.29, 0.717) is 37.0 Å². The molecule has 7 heteroatoms. The molecule has 1 saturated heterocycles. The van der Waals surface area contributed by atoms with E-state index in [-0.39, 0.29) is 12.0 Å². The Morgan fingerprint density at radius 2 is 1.97 bits per heavy atom. The molecule has 180 valence electrons. The molecule has 1 aliphatic rings. The molecular formula is C27H34N4O3. The number of aromatic nitrogens is 2. The molecule has 1 aromatic heterocycles. The van der Waals surface area contributed by atoms with Crippen molar-refractivity contribution in [2.24, 2.45) is 0 Å². The third kappa shape index (κ3) is 6.74. The van der Waals surface area contributed by atoms with Crippen molar-refractivity contribution < 1.29 is 14.1 Å². The number of amides is 1. The third-order valence-electron chi connectivity index (χ3n) is 6.08. The molecule has 2 heterocycles. The lowest BCUT2D eigenvalue weighted by Crippen LogP contribution is -2.40. The van der Waals surface area contributed by atoms with Gasteiger partial charge in [-0.25, -0.2) is 0 Å². The normalized spacial score (nSPS) is 16.6. The molecule has 3 aromatic rings. The number of nitrogens with zero attached hydrogens (tertiary/aromatic N) is 3. The number of morpholine rings is 1. The zero-order valence-corrected chi connectivity index (χ0v) is 20.3. The van der Waals surface area contributed by atoms with Gasteiger partial charge in [-0.15, -0.1) is 0 Å². The van der Waals surface area contributed by atoms with Gasteiger partial charge in [0.15, 0.2) is 0 Å². The Kier molecular flexibility index (Phi) is 8.08. The second kappa shape index (κ2) is 11.4. The van der Waals surface area contributed by atoms with Crippen LogP contribution in [0.4, 0.5) is 0 Å². The average Bonchev–Trinajstić information content (AvgIpc) is 3.31. The summed E-state index contributed by atoms with van der Waals surface area (Å²) in [7, 11) is 0. The lowest BCUT2D eigenvalue weighted by Gasteiger charge is -2.31. The summed E-state index contributed by atoms with van der Waals surface area (Å²) in [6.07, 6.45) is 0.994. The quantitative estimate of drug-likeness (QED) is 0.510. The van der Waals surface area contributed by atoms with Crippen LogP contribution in [0.1, 0.15) is 55.7 Å².